The molecule has 0 saturated heterocycles. The van der Waals surface area contributed by atoms with Gasteiger partial charge < -0.3 is 9.47 Å². The maximum absolute atomic E-state index is 12.4. The van der Waals surface area contributed by atoms with Gasteiger partial charge in [-0.2, -0.15) is 4.31 Å². The summed E-state index contributed by atoms with van der Waals surface area (Å²) in [5, 5.41) is 0. The zero-order valence-electron chi connectivity index (χ0n) is 11.0. The van der Waals surface area contributed by atoms with E-state index < -0.39 is 35.1 Å². The fraction of sp³-hybridized carbons (Fsp3) is 0.400. The Morgan fingerprint density at radius 1 is 1.19 bits per heavy atom. The van der Waals surface area contributed by atoms with Gasteiger partial charge in [-0.3, -0.25) is 9.59 Å². The number of rotatable bonds is 6. The monoisotopic (exact) mass is 375 g/mol. The van der Waals surface area contributed by atoms with Crippen LogP contribution in [0.25, 0.3) is 0 Å². The third-order valence-electron chi connectivity index (χ3n) is 2.31. The minimum Gasteiger partial charge on any atom is -0.468 e. The summed E-state index contributed by atoms with van der Waals surface area (Å²) < 4.78 is 34.4. The van der Waals surface area contributed by atoms with Gasteiger partial charge in [0.15, 0.2) is 0 Å². The van der Waals surface area contributed by atoms with Gasteiger partial charge in [0.05, 0.1) is 18.6 Å². The number of sulfonamides is 1. The van der Waals surface area contributed by atoms with Crippen LogP contribution in [0.1, 0.15) is 0 Å². The highest BCUT2D eigenvalue weighted by Gasteiger charge is 2.32. The van der Waals surface area contributed by atoms with Gasteiger partial charge in [0, 0.05) is 0 Å². The normalized spacial score (nSPS) is 11.5. The maximum atomic E-state index is 12.4. The second kappa shape index (κ2) is 7.41. The molecule has 0 aliphatic heterocycles. The molecule has 11 heteroatoms. The van der Waals surface area contributed by atoms with E-state index in [1.54, 1.807) is 0 Å². The van der Waals surface area contributed by atoms with Gasteiger partial charge in [-0.15, -0.1) is 11.3 Å². The predicted octanol–water partition coefficient (Wildman–Crippen LogP) is 1.39. The second-order valence-corrected chi connectivity index (χ2v) is 7.81. The number of carbonyl (C=O) groups excluding carboxylic acids is 2. The Morgan fingerprint density at radius 2 is 1.67 bits per heavy atom. The van der Waals surface area contributed by atoms with Crippen LogP contribution in [0.5, 0.6) is 0 Å². The van der Waals surface area contributed by atoms with Crippen LogP contribution in [-0.2, 0) is 29.1 Å². The molecule has 0 atom stereocenters. The average Bonchev–Trinajstić information content (AvgIpc) is 2.77. The number of thiophene rings is 1. The van der Waals surface area contributed by atoms with Crippen molar-refractivity contribution in [2.24, 2.45) is 0 Å². The lowest BCUT2D eigenvalue weighted by Gasteiger charge is -2.19. The van der Waals surface area contributed by atoms with E-state index in [1.165, 1.54) is 0 Å². The van der Waals surface area contributed by atoms with Gasteiger partial charge in [-0.25, -0.2) is 8.42 Å². The van der Waals surface area contributed by atoms with E-state index >= 15 is 0 Å². The number of nitrogens with zero attached hydrogens (tertiary/aromatic N) is 1. The zero-order chi connectivity index (χ0) is 16.2. The molecule has 0 saturated carbocycles. The van der Waals surface area contributed by atoms with Gasteiger partial charge in [-0.05, 0) is 6.07 Å². The summed E-state index contributed by atoms with van der Waals surface area (Å²) in [5.41, 5.74) is 0. The Labute approximate surface area is 135 Å². The van der Waals surface area contributed by atoms with E-state index in [4.69, 9.17) is 23.2 Å². The summed E-state index contributed by atoms with van der Waals surface area (Å²) >= 11 is 12.4. The van der Waals surface area contributed by atoms with E-state index in [2.05, 4.69) is 9.47 Å². The number of esters is 2. The lowest BCUT2D eigenvalue weighted by Crippen LogP contribution is -2.40. The van der Waals surface area contributed by atoms with Crippen molar-refractivity contribution in [3.05, 3.63) is 14.7 Å². The van der Waals surface area contributed by atoms with Crippen LogP contribution in [0.15, 0.2) is 11.0 Å². The molecular formula is C10H11Cl2NO6S2. The third kappa shape index (κ3) is 4.55. The van der Waals surface area contributed by atoms with Crippen molar-refractivity contribution in [1.29, 1.82) is 0 Å². The molecular weight excluding hydrogens is 365 g/mol. The van der Waals surface area contributed by atoms with Crippen LogP contribution >= 0.6 is 34.5 Å². The Morgan fingerprint density at radius 3 is 2.00 bits per heavy atom. The van der Waals surface area contributed by atoms with Gasteiger partial charge in [0.2, 0.25) is 10.0 Å². The van der Waals surface area contributed by atoms with E-state index in [1.807, 2.05) is 0 Å². The molecule has 1 aromatic heterocycles. The topological polar surface area (TPSA) is 90.0 Å². The van der Waals surface area contributed by atoms with Gasteiger partial charge in [-0.1, -0.05) is 23.2 Å². The number of methoxy groups -OCH3 is 2. The molecule has 0 spiro atoms. The zero-order valence-corrected chi connectivity index (χ0v) is 14.1. The first-order valence-corrected chi connectivity index (χ1v) is 8.32. The minimum atomic E-state index is -4.20. The summed E-state index contributed by atoms with van der Waals surface area (Å²) in [7, 11) is -2.00. The smallest absolute Gasteiger partial charge is 0.321 e. The number of carbonyl (C=O) groups is 2. The fourth-order valence-electron chi connectivity index (χ4n) is 1.28. The van der Waals surface area contributed by atoms with Crippen LogP contribution in [-0.4, -0.2) is 52.0 Å². The van der Waals surface area contributed by atoms with Crippen LogP contribution in [0, 0.1) is 0 Å². The highest BCUT2D eigenvalue weighted by atomic mass is 35.5. The molecule has 0 bridgehead atoms. The molecule has 118 valence electrons. The van der Waals surface area contributed by atoms with E-state index in [0.717, 1.165) is 31.6 Å². The number of halogens is 2. The van der Waals surface area contributed by atoms with Crippen molar-refractivity contribution in [2.45, 2.75) is 4.90 Å². The second-order valence-electron chi connectivity index (χ2n) is 3.61. The summed E-state index contributed by atoms with van der Waals surface area (Å²) in [4.78, 5) is 22.4. The molecule has 0 fully saturated rings. The van der Waals surface area contributed by atoms with Crippen molar-refractivity contribution in [2.75, 3.05) is 27.3 Å². The quantitative estimate of drug-likeness (QED) is 0.697. The molecule has 0 amide bonds. The van der Waals surface area contributed by atoms with E-state index in [0.29, 0.717) is 4.31 Å². The van der Waals surface area contributed by atoms with Crippen LogP contribution in [0.4, 0.5) is 0 Å². The summed E-state index contributed by atoms with van der Waals surface area (Å²) in [6.07, 6.45) is 0. The Balaban J connectivity index is 3.19. The van der Waals surface area contributed by atoms with Crippen molar-refractivity contribution in [3.8, 4) is 0 Å². The van der Waals surface area contributed by atoms with Gasteiger partial charge >= 0.3 is 11.9 Å². The highest BCUT2D eigenvalue weighted by molar-refractivity contribution is 7.89. The third-order valence-corrected chi connectivity index (χ3v) is 5.85. The highest BCUT2D eigenvalue weighted by Crippen LogP contribution is 2.35. The molecule has 7 nitrogen and oxygen atoms in total. The van der Waals surface area contributed by atoms with E-state index in [-0.39, 0.29) is 13.6 Å². The molecule has 0 N–H and O–H groups in total. The number of hydrogen-bond donors (Lipinski definition) is 0. The molecule has 1 heterocycles. The molecule has 0 unspecified atom stereocenters. The van der Waals surface area contributed by atoms with Crippen LogP contribution < -0.4 is 0 Å². The van der Waals surface area contributed by atoms with Crippen molar-refractivity contribution in [1.82, 2.24) is 4.31 Å². The molecule has 0 aliphatic rings. The fourth-order valence-corrected chi connectivity index (χ4v) is 4.72. The average molecular weight is 376 g/mol. The molecule has 0 aliphatic carbocycles. The molecule has 21 heavy (non-hydrogen) atoms. The lowest BCUT2D eigenvalue weighted by atomic mass is 10.6. The molecule has 1 aromatic rings. The largest absolute Gasteiger partial charge is 0.468 e. The van der Waals surface area contributed by atoms with Crippen molar-refractivity contribution < 1.29 is 27.5 Å². The van der Waals surface area contributed by atoms with E-state index in [9.17, 15) is 18.0 Å². The standard InChI is InChI=1S/C10H11Cl2NO6S2/c1-18-8(14)4-13(5-9(15)19-2)21(16,17)6-3-7(11)20-10(6)12/h3H,4-5H2,1-2H3. The molecule has 0 radical (unpaired) electrons. The Kier molecular flexibility index (Phi) is 6.41. The Hall–Kier alpha value is -0.870. The summed E-state index contributed by atoms with van der Waals surface area (Å²) in [6.45, 7) is -1.31. The first kappa shape index (κ1) is 18.2. The van der Waals surface area contributed by atoms with Crippen LogP contribution in [0.2, 0.25) is 8.67 Å². The number of hydrogen-bond acceptors (Lipinski definition) is 7. The van der Waals surface area contributed by atoms with Crippen molar-refractivity contribution in [3.63, 3.8) is 0 Å². The predicted molar refractivity (Wildman–Crippen MR) is 77.1 cm³/mol. The number of ether oxygens (including phenoxy) is 2. The maximum Gasteiger partial charge on any atom is 0.321 e. The van der Waals surface area contributed by atoms with Gasteiger partial charge in [0.1, 0.15) is 22.3 Å². The first-order valence-electron chi connectivity index (χ1n) is 5.31. The molecule has 0 aromatic carbocycles. The van der Waals surface area contributed by atoms with Gasteiger partial charge in [0.25, 0.3) is 0 Å². The van der Waals surface area contributed by atoms with Crippen LogP contribution in [0.3, 0.4) is 0 Å². The summed E-state index contributed by atoms with van der Waals surface area (Å²) in [6, 6.07) is 1.14. The first-order chi connectivity index (χ1) is 9.72. The SMILES string of the molecule is COC(=O)CN(CC(=O)OC)S(=O)(=O)c1cc(Cl)sc1Cl. The Bertz CT molecular complexity index is 624. The summed E-state index contributed by atoms with van der Waals surface area (Å²) in [5.74, 6) is -1.67. The van der Waals surface area contributed by atoms with Crippen molar-refractivity contribution >= 4 is 56.5 Å². The molecule has 1 rings (SSSR count). The minimum absolute atomic E-state index is 0.0697. The lowest BCUT2D eigenvalue weighted by molar-refractivity contribution is -0.143.